The molecule has 0 bridgehead atoms. The van der Waals surface area contributed by atoms with Crippen LogP contribution in [0.3, 0.4) is 0 Å². The molecule has 0 amide bonds. The molecule has 4 aromatic rings. The number of aryl methyl sites for hydroxylation is 1. The van der Waals surface area contributed by atoms with Crippen molar-refractivity contribution in [3.8, 4) is 0 Å². The van der Waals surface area contributed by atoms with E-state index in [9.17, 15) is 21.6 Å². The summed E-state index contributed by atoms with van der Waals surface area (Å²) in [7, 11) is -3.77. The van der Waals surface area contributed by atoms with Gasteiger partial charge in [-0.3, -0.25) is 0 Å². The van der Waals surface area contributed by atoms with Gasteiger partial charge in [-0.1, -0.05) is 18.2 Å². The van der Waals surface area contributed by atoms with E-state index in [2.05, 4.69) is 4.98 Å². The van der Waals surface area contributed by atoms with E-state index in [1.165, 1.54) is 24.4 Å². The maximum absolute atomic E-state index is 12.8. The van der Waals surface area contributed by atoms with Gasteiger partial charge in [-0.2, -0.15) is 13.2 Å². The molecular formula is C20H15F3N2O2S2. The third-order valence-electron chi connectivity index (χ3n) is 4.42. The summed E-state index contributed by atoms with van der Waals surface area (Å²) in [6, 6.07) is 10.1. The van der Waals surface area contributed by atoms with Gasteiger partial charge in [0.25, 0.3) is 0 Å². The Kier molecular flexibility index (Phi) is 4.74. The van der Waals surface area contributed by atoms with Crippen LogP contribution in [0, 0.1) is 6.92 Å². The largest absolute Gasteiger partial charge is 0.416 e. The van der Waals surface area contributed by atoms with Crippen molar-refractivity contribution < 1.29 is 21.6 Å². The van der Waals surface area contributed by atoms with Crippen LogP contribution >= 0.6 is 11.3 Å². The number of benzene rings is 2. The van der Waals surface area contributed by atoms with Crippen LogP contribution in [0.4, 0.5) is 13.2 Å². The quantitative estimate of drug-likeness (QED) is 0.426. The highest BCUT2D eigenvalue weighted by molar-refractivity contribution is 7.90. The summed E-state index contributed by atoms with van der Waals surface area (Å²) in [6.45, 7) is 1.92. The summed E-state index contributed by atoms with van der Waals surface area (Å²) in [5.74, 6) is -0.286. The lowest BCUT2D eigenvalue weighted by molar-refractivity contribution is -0.137. The first-order valence-corrected chi connectivity index (χ1v) is 11.0. The third kappa shape index (κ3) is 3.92. The Bertz CT molecular complexity index is 1350. The molecule has 4 nitrogen and oxygen atoms in total. The van der Waals surface area contributed by atoms with Crippen LogP contribution in [0.25, 0.3) is 27.2 Å². The molecule has 2 heterocycles. The summed E-state index contributed by atoms with van der Waals surface area (Å²) >= 11 is 1.59. The molecule has 0 fully saturated rings. The predicted octanol–water partition coefficient (Wildman–Crippen LogP) is 5.47. The molecule has 0 saturated heterocycles. The molecule has 150 valence electrons. The molecule has 0 aliphatic heterocycles. The lowest BCUT2D eigenvalue weighted by atomic mass is 10.1. The highest BCUT2D eigenvalue weighted by Gasteiger charge is 2.30. The maximum atomic E-state index is 12.8. The zero-order valence-electron chi connectivity index (χ0n) is 15.1. The summed E-state index contributed by atoms with van der Waals surface area (Å²) in [5, 5.41) is 1.17. The summed E-state index contributed by atoms with van der Waals surface area (Å²) < 4.78 is 66.0. The van der Waals surface area contributed by atoms with Crippen molar-refractivity contribution in [2.24, 2.45) is 0 Å². The second-order valence-electron chi connectivity index (χ2n) is 6.52. The molecule has 29 heavy (non-hydrogen) atoms. The molecular weight excluding hydrogens is 421 g/mol. The molecule has 4 rings (SSSR count). The predicted molar refractivity (Wildman–Crippen MR) is 110 cm³/mol. The molecule has 0 N–H and O–H groups in total. The number of nitrogens with zero attached hydrogens (tertiary/aromatic N) is 2. The van der Waals surface area contributed by atoms with Crippen LogP contribution in [-0.4, -0.2) is 23.1 Å². The Morgan fingerprint density at radius 2 is 1.93 bits per heavy atom. The smallest absolute Gasteiger partial charge is 0.245 e. The van der Waals surface area contributed by atoms with Crippen molar-refractivity contribution in [2.75, 3.05) is 5.75 Å². The van der Waals surface area contributed by atoms with E-state index in [1.807, 2.05) is 25.1 Å². The average Bonchev–Trinajstić information content (AvgIpc) is 3.22. The van der Waals surface area contributed by atoms with Gasteiger partial charge in [0.15, 0.2) is 0 Å². The van der Waals surface area contributed by atoms with Crippen LogP contribution in [-0.2, 0) is 16.2 Å². The monoisotopic (exact) mass is 436 g/mol. The van der Waals surface area contributed by atoms with Gasteiger partial charge in [-0.05, 0) is 48.9 Å². The first-order chi connectivity index (χ1) is 13.6. The Morgan fingerprint density at radius 3 is 2.69 bits per heavy atom. The zero-order chi connectivity index (χ0) is 20.8. The Labute approximate surface area is 169 Å². The van der Waals surface area contributed by atoms with E-state index in [4.69, 9.17) is 0 Å². The Morgan fingerprint density at radius 1 is 1.14 bits per heavy atom. The molecule has 0 spiro atoms. The van der Waals surface area contributed by atoms with Crippen molar-refractivity contribution in [3.63, 3.8) is 0 Å². The molecule has 9 heteroatoms. The van der Waals surface area contributed by atoms with Gasteiger partial charge in [0.1, 0.15) is 0 Å². The molecule has 0 atom stereocenters. The number of alkyl halides is 3. The number of aromatic nitrogens is 2. The summed E-state index contributed by atoms with van der Waals surface area (Å²) in [4.78, 5) is 4.41. The van der Waals surface area contributed by atoms with Crippen LogP contribution in [0.15, 0.2) is 54.7 Å². The number of fused-ring (bicyclic) bond motifs is 2. The Balaban J connectivity index is 1.58. The minimum atomic E-state index is -4.48. The van der Waals surface area contributed by atoms with Crippen LogP contribution in [0.2, 0.25) is 0 Å². The minimum absolute atomic E-state index is 0.214. The molecule has 0 radical (unpaired) electrons. The average molecular weight is 436 g/mol. The van der Waals surface area contributed by atoms with E-state index < -0.39 is 21.8 Å². The van der Waals surface area contributed by atoms with Gasteiger partial charge < -0.3 is 0 Å². The Hall–Kier alpha value is -2.65. The standard InChI is InChI=1S/C20H15F3N2O2S2/c1-13-24-17-11-14(4-7-19(17)28-13)3-2-10-29(26,27)25-9-8-15-12-16(20(21,22)23)5-6-18(15)25/h2-9,11-12H,10H2,1H3. The zero-order valence-corrected chi connectivity index (χ0v) is 16.8. The lowest BCUT2D eigenvalue weighted by Crippen LogP contribution is -2.14. The second-order valence-corrected chi connectivity index (χ2v) is 9.65. The highest BCUT2D eigenvalue weighted by Crippen LogP contribution is 2.32. The number of hydrogen-bond acceptors (Lipinski definition) is 4. The van der Waals surface area contributed by atoms with Crippen LogP contribution < -0.4 is 0 Å². The lowest BCUT2D eigenvalue weighted by Gasteiger charge is -2.08. The SMILES string of the molecule is Cc1nc2cc(C=CCS(=O)(=O)n3ccc4cc(C(F)(F)F)ccc43)ccc2s1. The minimum Gasteiger partial charge on any atom is -0.245 e. The topological polar surface area (TPSA) is 52.0 Å². The van der Waals surface area contributed by atoms with Crippen molar-refractivity contribution >= 4 is 48.6 Å². The van der Waals surface area contributed by atoms with E-state index in [0.717, 1.165) is 36.9 Å². The molecule has 2 aromatic carbocycles. The molecule has 2 aromatic heterocycles. The van der Waals surface area contributed by atoms with Gasteiger partial charge in [0.2, 0.25) is 10.0 Å². The molecule has 0 aliphatic rings. The van der Waals surface area contributed by atoms with Gasteiger partial charge in [-0.25, -0.2) is 17.4 Å². The van der Waals surface area contributed by atoms with Crippen molar-refractivity contribution in [2.45, 2.75) is 13.1 Å². The fourth-order valence-electron chi connectivity index (χ4n) is 3.09. The van der Waals surface area contributed by atoms with Gasteiger partial charge in [0.05, 0.1) is 32.1 Å². The second kappa shape index (κ2) is 7.00. The number of hydrogen-bond donors (Lipinski definition) is 0. The van der Waals surface area contributed by atoms with E-state index >= 15 is 0 Å². The number of halogens is 3. The first-order valence-electron chi connectivity index (χ1n) is 8.59. The summed E-state index contributed by atoms with van der Waals surface area (Å²) in [5.41, 5.74) is 1.08. The first kappa shape index (κ1) is 19.7. The van der Waals surface area contributed by atoms with Gasteiger partial charge in [0, 0.05) is 11.6 Å². The van der Waals surface area contributed by atoms with Gasteiger partial charge >= 0.3 is 6.18 Å². The van der Waals surface area contributed by atoms with Crippen LogP contribution in [0.1, 0.15) is 16.1 Å². The fraction of sp³-hybridized carbons (Fsp3) is 0.150. The fourth-order valence-corrected chi connectivity index (χ4v) is 5.11. The van der Waals surface area contributed by atoms with E-state index in [-0.39, 0.29) is 16.7 Å². The molecule has 0 saturated carbocycles. The van der Waals surface area contributed by atoms with Crippen LogP contribution in [0.5, 0.6) is 0 Å². The number of rotatable bonds is 4. The van der Waals surface area contributed by atoms with E-state index in [0.29, 0.717) is 0 Å². The third-order valence-corrected chi connectivity index (χ3v) is 6.90. The molecule has 0 unspecified atom stereocenters. The summed E-state index contributed by atoms with van der Waals surface area (Å²) in [6.07, 6.45) is 0.0116. The van der Waals surface area contributed by atoms with E-state index in [1.54, 1.807) is 17.4 Å². The number of thiazole rings is 1. The van der Waals surface area contributed by atoms with Crippen molar-refractivity contribution in [1.82, 2.24) is 8.96 Å². The maximum Gasteiger partial charge on any atom is 0.416 e. The normalized spacial score (nSPS) is 13.1. The van der Waals surface area contributed by atoms with Gasteiger partial charge in [-0.15, -0.1) is 11.3 Å². The highest BCUT2D eigenvalue weighted by atomic mass is 32.2. The van der Waals surface area contributed by atoms with Crippen molar-refractivity contribution in [1.29, 1.82) is 0 Å². The van der Waals surface area contributed by atoms with Crippen molar-refractivity contribution in [3.05, 3.63) is 70.9 Å². The molecule has 0 aliphatic carbocycles.